The lowest BCUT2D eigenvalue weighted by Crippen LogP contribution is -2.30. The van der Waals surface area contributed by atoms with Crippen LogP contribution in [0.2, 0.25) is 0 Å². The summed E-state index contributed by atoms with van der Waals surface area (Å²) in [7, 11) is -3.74. The molecule has 0 saturated heterocycles. The third-order valence-corrected chi connectivity index (χ3v) is 4.16. The minimum absolute atomic E-state index is 0.165. The Morgan fingerprint density at radius 3 is 2.50 bits per heavy atom. The van der Waals surface area contributed by atoms with E-state index in [4.69, 9.17) is 0 Å². The van der Waals surface area contributed by atoms with Crippen LogP contribution in [0.1, 0.15) is 37.3 Å². The van der Waals surface area contributed by atoms with Gasteiger partial charge < -0.3 is 0 Å². The standard InChI is InChI=1S/C13H19NO3S/c1-4-5-6-13(15)14-18(16,17)12-8-7-10(2)9-11(12)3/h7-9H,4-6H2,1-3H3,(H,14,15). The molecule has 0 heterocycles. The van der Waals surface area contributed by atoms with Crippen molar-refractivity contribution < 1.29 is 13.2 Å². The summed E-state index contributed by atoms with van der Waals surface area (Å²) >= 11 is 0. The third-order valence-electron chi connectivity index (χ3n) is 2.63. The van der Waals surface area contributed by atoms with E-state index in [1.807, 2.05) is 13.8 Å². The van der Waals surface area contributed by atoms with E-state index in [0.717, 1.165) is 12.0 Å². The molecule has 0 spiro atoms. The van der Waals surface area contributed by atoms with Crippen LogP contribution < -0.4 is 4.72 Å². The number of carbonyl (C=O) groups is 1. The lowest BCUT2D eigenvalue weighted by molar-refractivity contribution is -0.119. The monoisotopic (exact) mass is 269 g/mol. The molecule has 1 rings (SSSR count). The fraction of sp³-hybridized carbons (Fsp3) is 0.462. The van der Waals surface area contributed by atoms with E-state index >= 15 is 0 Å². The number of hydrogen-bond acceptors (Lipinski definition) is 3. The van der Waals surface area contributed by atoms with Crippen LogP contribution in [0.5, 0.6) is 0 Å². The zero-order valence-corrected chi connectivity index (χ0v) is 11.8. The normalized spacial score (nSPS) is 11.3. The smallest absolute Gasteiger partial charge is 0.264 e. The minimum atomic E-state index is -3.74. The summed E-state index contributed by atoms with van der Waals surface area (Å²) in [6.07, 6.45) is 1.78. The maximum Gasteiger partial charge on any atom is 0.264 e. The summed E-state index contributed by atoms with van der Waals surface area (Å²) in [4.78, 5) is 11.6. The van der Waals surface area contributed by atoms with Crippen molar-refractivity contribution in [2.24, 2.45) is 0 Å². The van der Waals surface area contributed by atoms with Gasteiger partial charge in [0.05, 0.1) is 4.90 Å². The Bertz CT molecular complexity index is 535. The van der Waals surface area contributed by atoms with Crippen molar-refractivity contribution in [3.63, 3.8) is 0 Å². The fourth-order valence-corrected chi connectivity index (χ4v) is 2.94. The molecule has 4 nitrogen and oxygen atoms in total. The summed E-state index contributed by atoms with van der Waals surface area (Å²) < 4.78 is 26.1. The van der Waals surface area contributed by atoms with Gasteiger partial charge in [0.15, 0.2) is 0 Å². The van der Waals surface area contributed by atoms with E-state index in [1.165, 1.54) is 6.07 Å². The highest BCUT2D eigenvalue weighted by atomic mass is 32.2. The molecule has 0 saturated carbocycles. The highest BCUT2D eigenvalue weighted by molar-refractivity contribution is 7.90. The Morgan fingerprint density at radius 2 is 1.94 bits per heavy atom. The summed E-state index contributed by atoms with van der Waals surface area (Å²) in [6, 6.07) is 5.03. The van der Waals surface area contributed by atoms with Crippen molar-refractivity contribution in [1.29, 1.82) is 0 Å². The molecule has 0 aliphatic carbocycles. The van der Waals surface area contributed by atoms with Crippen LogP contribution in [0, 0.1) is 13.8 Å². The molecule has 100 valence electrons. The number of aryl methyl sites for hydroxylation is 2. The highest BCUT2D eigenvalue weighted by Crippen LogP contribution is 2.16. The average molecular weight is 269 g/mol. The average Bonchev–Trinajstić information content (AvgIpc) is 2.25. The predicted octanol–water partition coefficient (Wildman–Crippen LogP) is 2.30. The molecule has 0 aliphatic heterocycles. The first-order valence-electron chi connectivity index (χ1n) is 5.99. The topological polar surface area (TPSA) is 63.2 Å². The number of nitrogens with one attached hydrogen (secondary N) is 1. The van der Waals surface area contributed by atoms with Gasteiger partial charge in [-0.15, -0.1) is 0 Å². The Kier molecular flexibility index (Phi) is 4.90. The molecule has 0 unspecified atom stereocenters. The largest absolute Gasteiger partial charge is 0.274 e. The molecule has 1 N–H and O–H groups in total. The second-order valence-electron chi connectivity index (χ2n) is 4.40. The first kappa shape index (κ1) is 14.7. The Balaban J connectivity index is 2.90. The Labute approximate surface area is 108 Å². The van der Waals surface area contributed by atoms with Crippen molar-refractivity contribution >= 4 is 15.9 Å². The zero-order valence-electron chi connectivity index (χ0n) is 11.0. The Morgan fingerprint density at radius 1 is 1.28 bits per heavy atom. The van der Waals surface area contributed by atoms with Gasteiger partial charge in [-0.25, -0.2) is 13.1 Å². The molecule has 5 heteroatoms. The van der Waals surface area contributed by atoms with E-state index in [0.29, 0.717) is 12.0 Å². The molecule has 1 aromatic carbocycles. The van der Waals surface area contributed by atoms with Crippen LogP contribution in [0.4, 0.5) is 0 Å². The van der Waals surface area contributed by atoms with Crippen LogP contribution in [0.3, 0.4) is 0 Å². The van der Waals surface area contributed by atoms with Crippen molar-refractivity contribution in [2.45, 2.75) is 44.9 Å². The lowest BCUT2D eigenvalue weighted by Gasteiger charge is -2.09. The number of benzene rings is 1. The van der Waals surface area contributed by atoms with E-state index in [-0.39, 0.29) is 11.3 Å². The van der Waals surface area contributed by atoms with Crippen LogP contribution in [0.15, 0.2) is 23.1 Å². The summed E-state index contributed by atoms with van der Waals surface area (Å²) in [5.74, 6) is -0.447. The molecular formula is C13H19NO3S. The fourth-order valence-electron chi connectivity index (χ4n) is 1.69. The van der Waals surface area contributed by atoms with Gasteiger partial charge in [-0.3, -0.25) is 4.79 Å². The first-order valence-corrected chi connectivity index (χ1v) is 7.48. The van der Waals surface area contributed by atoms with Gasteiger partial charge in [0.25, 0.3) is 10.0 Å². The molecule has 0 radical (unpaired) electrons. The first-order chi connectivity index (χ1) is 8.36. The quantitative estimate of drug-likeness (QED) is 0.892. The predicted molar refractivity (Wildman–Crippen MR) is 70.8 cm³/mol. The third kappa shape index (κ3) is 3.84. The molecule has 0 aromatic heterocycles. The van der Waals surface area contributed by atoms with Crippen molar-refractivity contribution in [3.8, 4) is 0 Å². The molecule has 1 amide bonds. The summed E-state index contributed by atoms with van der Waals surface area (Å²) in [5, 5.41) is 0. The molecule has 18 heavy (non-hydrogen) atoms. The maximum atomic E-state index is 12.0. The van der Waals surface area contributed by atoms with E-state index in [1.54, 1.807) is 19.1 Å². The second kappa shape index (κ2) is 6.00. The number of amides is 1. The molecular weight excluding hydrogens is 250 g/mol. The van der Waals surface area contributed by atoms with Gasteiger partial charge in [-0.05, 0) is 31.9 Å². The van der Waals surface area contributed by atoms with Gasteiger partial charge in [-0.1, -0.05) is 31.0 Å². The molecule has 1 aromatic rings. The molecule has 0 atom stereocenters. The van der Waals surface area contributed by atoms with Crippen LogP contribution >= 0.6 is 0 Å². The van der Waals surface area contributed by atoms with E-state index in [2.05, 4.69) is 4.72 Å². The van der Waals surface area contributed by atoms with Crippen LogP contribution in [-0.4, -0.2) is 14.3 Å². The summed E-state index contributed by atoms with van der Waals surface area (Å²) in [5.41, 5.74) is 1.63. The molecule has 0 aliphatic rings. The number of sulfonamides is 1. The molecule has 0 bridgehead atoms. The maximum absolute atomic E-state index is 12.0. The van der Waals surface area contributed by atoms with Crippen LogP contribution in [0.25, 0.3) is 0 Å². The van der Waals surface area contributed by atoms with Crippen molar-refractivity contribution in [3.05, 3.63) is 29.3 Å². The van der Waals surface area contributed by atoms with Crippen molar-refractivity contribution in [1.82, 2.24) is 4.72 Å². The number of unbranched alkanes of at least 4 members (excludes halogenated alkanes) is 1. The van der Waals surface area contributed by atoms with Gasteiger partial charge in [0, 0.05) is 6.42 Å². The van der Waals surface area contributed by atoms with Gasteiger partial charge >= 0.3 is 0 Å². The zero-order chi connectivity index (χ0) is 13.8. The molecule has 0 fully saturated rings. The number of hydrogen-bond donors (Lipinski definition) is 1. The number of rotatable bonds is 5. The number of carbonyl (C=O) groups excluding carboxylic acids is 1. The minimum Gasteiger partial charge on any atom is -0.274 e. The van der Waals surface area contributed by atoms with E-state index in [9.17, 15) is 13.2 Å². The SMILES string of the molecule is CCCCC(=O)NS(=O)(=O)c1ccc(C)cc1C. The van der Waals surface area contributed by atoms with Crippen molar-refractivity contribution in [2.75, 3.05) is 0 Å². The summed E-state index contributed by atoms with van der Waals surface area (Å²) in [6.45, 7) is 5.56. The van der Waals surface area contributed by atoms with Gasteiger partial charge in [0.2, 0.25) is 5.91 Å². The van der Waals surface area contributed by atoms with E-state index < -0.39 is 15.9 Å². The van der Waals surface area contributed by atoms with Gasteiger partial charge in [-0.2, -0.15) is 0 Å². The van der Waals surface area contributed by atoms with Gasteiger partial charge in [0.1, 0.15) is 0 Å². The second-order valence-corrected chi connectivity index (χ2v) is 6.05. The highest BCUT2D eigenvalue weighted by Gasteiger charge is 2.19. The lowest BCUT2D eigenvalue weighted by atomic mass is 10.2. The van der Waals surface area contributed by atoms with Crippen LogP contribution in [-0.2, 0) is 14.8 Å². The Hall–Kier alpha value is -1.36.